The summed E-state index contributed by atoms with van der Waals surface area (Å²) in [5.74, 6) is -2.50. The first-order valence-corrected chi connectivity index (χ1v) is 7.00. The van der Waals surface area contributed by atoms with Crippen LogP contribution in [0.4, 0.5) is 10.1 Å². The lowest BCUT2D eigenvalue weighted by atomic mass is 10.1. The molecule has 0 unspecified atom stereocenters. The molecule has 0 heterocycles. The van der Waals surface area contributed by atoms with Crippen LogP contribution in [0.1, 0.15) is 11.1 Å². The molecule has 23 heavy (non-hydrogen) atoms. The Morgan fingerprint density at radius 1 is 1.17 bits per heavy atom. The highest BCUT2D eigenvalue weighted by atomic mass is 35.5. The summed E-state index contributed by atoms with van der Waals surface area (Å²) in [5.41, 5.74) is 4.12. The molecule has 0 saturated heterocycles. The number of rotatable bonds is 3. The van der Waals surface area contributed by atoms with Crippen molar-refractivity contribution in [2.45, 2.75) is 6.92 Å². The van der Waals surface area contributed by atoms with E-state index in [1.54, 1.807) is 0 Å². The molecule has 2 N–H and O–H groups in total. The van der Waals surface area contributed by atoms with Crippen LogP contribution >= 0.6 is 11.6 Å². The Kier molecular flexibility index (Phi) is 5.43. The third-order valence-corrected chi connectivity index (χ3v) is 3.23. The molecule has 0 fully saturated rings. The molecule has 2 rings (SSSR count). The molecule has 2 aromatic carbocycles. The molecule has 2 amide bonds. The second kappa shape index (κ2) is 7.51. The Labute approximate surface area is 137 Å². The molecule has 7 heteroatoms. The van der Waals surface area contributed by atoms with Crippen molar-refractivity contribution < 1.29 is 14.0 Å². The average molecular weight is 334 g/mol. The van der Waals surface area contributed by atoms with Crippen molar-refractivity contribution in [1.82, 2.24) is 5.43 Å². The molecule has 0 bridgehead atoms. The molecule has 2 aromatic rings. The van der Waals surface area contributed by atoms with Gasteiger partial charge in [0, 0.05) is 5.69 Å². The van der Waals surface area contributed by atoms with Gasteiger partial charge in [-0.05, 0) is 36.2 Å². The molecule has 0 saturated carbocycles. The van der Waals surface area contributed by atoms with Gasteiger partial charge in [0.2, 0.25) is 0 Å². The van der Waals surface area contributed by atoms with Gasteiger partial charge in [0.25, 0.3) is 0 Å². The van der Waals surface area contributed by atoms with Crippen molar-refractivity contribution >= 4 is 35.3 Å². The lowest BCUT2D eigenvalue weighted by molar-refractivity contribution is -0.136. The summed E-state index contributed by atoms with van der Waals surface area (Å²) in [6, 6.07) is 11.0. The summed E-state index contributed by atoms with van der Waals surface area (Å²) in [5, 5.41) is 5.87. The molecule has 0 aliphatic heterocycles. The first kappa shape index (κ1) is 16.6. The van der Waals surface area contributed by atoms with E-state index in [4.69, 9.17) is 11.6 Å². The Morgan fingerprint density at radius 3 is 2.61 bits per heavy atom. The van der Waals surface area contributed by atoms with Crippen LogP contribution in [-0.4, -0.2) is 18.0 Å². The molecule has 118 valence electrons. The lowest BCUT2D eigenvalue weighted by Gasteiger charge is -2.04. The van der Waals surface area contributed by atoms with Crippen molar-refractivity contribution in [3.63, 3.8) is 0 Å². The SMILES string of the molecule is Cc1ccccc1/C=N/NC(=O)C(=O)Nc1ccc(F)c(Cl)c1. The molecular weight excluding hydrogens is 321 g/mol. The van der Waals surface area contributed by atoms with E-state index < -0.39 is 17.6 Å². The number of halogens is 2. The normalized spacial score (nSPS) is 10.6. The summed E-state index contributed by atoms with van der Waals surface area (Å²) in [4.78, 5) is 23.3. The quantitative estimate of drug-likeness (QED) is 0.515. The number of amides is 2. The minimum Gasteiger partial charge on any atom is -0.318 e. The highest BCUT2D eigenvalue weighted by Crippen LogP contribution is 2.19. The van der Waals surface area contributed by atoms with Gasteiger partial charge < -0.3 is 5.32 Å². The fourth-order valence-electron chi connectivity index (χ4n) is 1.70. The Hall–Kier alpha value is -2.73. The summed E-state index contributed by atoms with van der Waals surface area (Å²) in [6.45, 7) is 1.90. The minimum absolute atomic E-state index is 0.152. The largest absolute Gasteiger partial charge is 0.329 e. The molecule has 0 atom stereocenters. The van der Waals surface area contributed by atoms with Gasteiger partial charge in [-0.2, -0.15) is 5.10 Å². The van der Waals surface area contributed by atoms with Gasteiger partial charge in [-0.25, -0.2) is 9.82 Å². The summed E-state index contributed by atoms with van der Waals surface area (Å²) >= 11 is 5.59. The van der Waals surface area contributed by atoms with Crippen molar-refractivity contribution in [3.8, 4) is 0 Å². The van der Waals surface area contributed by atoms with Gasteiger partial charge in [-0.3, -0.25) is 9.59 Å². The fourth-order valence-corrected chi connectivity index (χ4v) is 1.89. The number of aryl methyl sites for hydroxylation is 1. The second-order valence-corrected chi connectivity index (χ2v) is 5.05. The zero-order chi connectivity index (χ0) is 16.8. The van der Waals surface area contributed by atoms with Gasteiger partial charge in [0.05, 0.1) is 11.2 Å². The van der Waals surface area contributed by atoms with Crippen LogP contribution in [-0.2, 0) is 9.59 Å². The molecular formula is C16H13ClFN3O2. The van der Waals surface area contributed by atoms with E-state index in [1.165, 1.54) is 18.3 Å². The number of hydrogen-bond acceptors (Lipinski definition) is 3. The number of nitrogens with one attached hydrogen (secondary N) is 2. The summed E-state index contributed by atoms with van der Waals surface area (Å²) < 4.78 is 13.0. The minimum atomic E-state index is -0.949. The summed E-state index contributed by atoms with van der Waals surface area (Å²) in [6.07, 6.45) is 1.44. The van der Waals surface area contributed by atoms with E-state index in [1.807, 2.05) is 31.2 Å². The van der Waals surface area contributed by atoms with E-state index in [0.29, 0.717) is 0 Å². The molecule has 0 aliphatic rings. The predicted octanol–water partition coefficient (Wildman–Crippen LogP) is 2.88. The monoisotopic (exact) mass is 333 g/mol. The first-order chi connectivity index (χ1) is 11.0. The van der Waals surface area contributed by atoms with E-state index in [0.717, 1.165) is 17.2 Å². The molecule has 0 aromatic heterocycles. The molecule has 0 radical (unpaired) electrons. The first-order valence-electron chi connectivity index (χ1n) is 6.62. The van der Waals surface area contributed by atoms with Gasteiger partial charge in [-0.15, -0.1) is 0 Å². The topological polar surface area (TPSA) is 70.6 Å². The smallest absolute Gasteiger partial charge is 0.318 e. The van der Waals surface area contributed by atoms with Crippen molar-refractivity contribution in [2.24, 2.45) is 5.10 Å². The predicted molar refractivity (Wildman–Crippen MR) is 87.0 cm³/mol. The number of carbonyl (C=O) groups excluding carboxylic acids is 2. The van der Waals surface area contributed by atoms with Gasteiger partial charge in [0.1, 0.15) is 5.82 Å². The highest BCUT2D eigenvalue weighted by Gasteiger charge is 2.13. The number of benzene rings is 2. The third-order valence-electron chi connectivity index (χ3n) is 2.94. The molecule has 0 aliphatic carbocycles. The maximum absolute atomic E-state index is 13.0. The zero-order valence-electron chi connectivity index (χ0n) is 12.1. The van der Waals surface area contributed by atoms with Crippen LogP contribution in [0.15, 0.2) is 47.6 Å². The van der Waals surface area contributed by atoms with Crippen LogP contribution < -0.4 is 10.7 Å². The number of carbonyl (C=O) groups is 2. The van der Waals surface area contributed by atoms with Crippen LogP contribution in [0.3, 0.4) is 0 Å². The number of hydrazone groups is 1. The van der Waals surface area contributed by atoms with Crippen molar-refractivity contribution in [2.75, 3.05) is 5.32 Å². The van der Waals surface area contributed by atoms with Crippen LogP contribution in [0.25, 0.3) is 0 Å². The highest BCUT2D eigenvalue weighted by molar-refractivity contribution is 6.39. The van der Waals surface area contributed by atoms with E-state index >= 15 is 0 Å². The molecule has 0 spiro atoms. The van der Waals surface area contributed by atoms with Gasteiger partial charge in [0.15, 0.2) is 0 Å². The summed E-state index contributed by atoms with van der Waals surface area (Å²) in [7, 11) is 0. The maximum atomic E-state index is 13.0. The molecule has 5 nitrogen and oxygen atoms in total. The number of anilines is 1. The third kappa shape index (κ3) is 4.62. The fraction of sp³-hybridized carbons (Fsp3) is 0.0625. The van der Waals surface area contributed by atoms with E-state index in [-0.39, 0.29) is 10.7 Å². The number of hydrogen-bond donors (Lipinski definition) is 2. The van der Waals surface area contributed by atoms with Crippen LogP contribution in [0.2, 0.25) is 5.02 Å². The Balaban J connectivity index is 1.94. The maximum Gasteiger partial charge on any atom is 0.329 e. The standard InChI is InChI=1S/C16H13ClFN3O2/c1-10-4-2-3-5-11(10)9-19-21-16(23)15(22)20-12-6-7-14(18)13(17)8-12/h2-9H,1H3,(H,20,22)(H,21,23)/b19-9+. The van der Waals surface area contributed by atoms with E-state index in [2.05, 4.69) is 15.8 Å². The lowest BCUT2D eigenvalue weighted by Crippen LogP contribution is -2.32. The van der Waals surface area contributed by atoms with Gasteiger partial charge >= 0.3 is 11.8 Å². The number of nitrogens with zero attached hydrogens (tertiary/aromatic N) is 1. The Morgan fingerprint density at radius 2 is 1.91 bits per heavy atom. The zero-order valence-corrected chi connectivity index (χ0v) is 12.9. The van der Waals surface area contributed by atoms with Crippen molar-refractivity contribution in [1.29, 1.82) is 0 Å². The second-order valence-electron chi connectivity index (χ2n) is 4.64. The van der Waals surface area contributed by atoms with Crippen LogP contribution in [0, 0.1) is 12.7 Å². The Bertz CT molecular complexity index is 778. The van der Waals surface area contributed by atoms with Crippen molar-refractivity contribution in [3.05, 3.63) is 64.4 Å². The van der Waals surface area contributed by atoms with Crippen LogP contribution in [0.5, 0.6) is 0 Å². The van der Waals surface area contributed by atoms with E-state index in [9.17, 15) is 14.0 Å². The van der Waals surface area contributed by atoms with Gasteiger partial charge in [-0.1, -0.05) is 35.9 Å². The average Bonchev–Trinajstić information content (AvgIpc) is 2.52.